The van der Waals surface area contributed by atoms with E-state index in [1.807, 2.05) is 0 Å². The van der Waals surface area contributed by atoms with Gasteiger partial charge in [-0.1, -0.05) is 0 Å². The van der Waals surface area contributed by atoms with Crippen LogP contribution in [0.2, 0.25) is 0 Å². The number of ether oxygens (including phenoxy) is 2. The Morgan fingerprint density at radius 1 is 1.21 bits per heavy atom. The van der Waals surface area contributed by atoms with Crippen molar-refractivity contribution in [2.24, 2.45) is 5.73 Å². The van der Waals surface area contributed by atoms with Crippen LogP contribution in [0.4, 0.5) is 0 Å². The highest BCUT2D eigenvalue weighted by Crippen LogP contribution is 2.27. The molecule has 0 unspecified atom stereocenters. The topological polar surface area (TPSA) is 90.2 Å². The van der Waals surface area contributed by atoms with Gasteiger partial charge in [-0.3, -0.25) is 4.79 Å². The second-order valence-electron chi connectivity index (χ2n) is 3.89. The first-order valence-corrected chi connectivity index (χ1v) is 5.69. The second kappa shape index (κ2) is 5.53. The third kappa shape index (κ3) is 2.74. The highest BCUT2D eigenvalue weighted by molar-refractivity contribution is 5.60. The molecule has 100 valence electrons. The number of aromatic nitrogens is 2. The Balaban J connectivity index is 2.51. The number of nitrogens with zero attached hydrogens (tertiary/aromatic N) is 1. The van der Waals surface area contributed by atoms with Crippen LogP contribution in [0.3, 0.4) is 0 Å². The van der Waals surface area contributed by atoms with Gasteiger partial charge in [-0.15, -0.1) is 0 Å². The third-order valence-corrected chi connectivity index (χ3v) is 2.72. The fraction of sp³-hybridized carbons (Fsp3) is 0.231. The van der Waals surface area contributed by atoms with Gasteiger partial charge in [-0.25, -0.2) is 4.98 Å². The lowest BCUT2D eigenvalue weighted by Gasteiger charge is -2.08. The fourth-order valence-corrected chi connectivity index (χ4v) is 1.66. The molecule has 0 fully saturated rings. The van der Waals surface area contributed by atoms with Gasteiger partial charge in [0.15, 0.2) is 0 Å². The van der Waals surface area contributed by atoms with Gasteiger partial charge in [0.05, 0.1) is 14.2 Å². The SMILES string of the molecule is COc1cc(OC)cc(-c2ncc(CN)c(=O)[nH]2)c1. The zero-order chi connectivity index (χ0) is 13.8. The molecule has 3 N–H and O–H groups in total. The minimum atomic E-state index is -0.241. The molecule has 19 heavy (non-hydrogen) atoms. The van der Waals surface area contributed by atoms with Gasteiger partial charge in [0.25, 0.3) is 5.56 Å². The Kier molecular flexibility index (Phi) is 3.82. The van der Waals surface area contributed by atoms with Crippen molar-refractivity contribution < 1.29 is 9.47 Å². The van der Waals surface area contributed by atoms with Crippen LogP contribution in [-0.2, 0) is 6.54 Å². The number of H-pyrrole nitrogens is 1. The van der Waals surface area contributed by atoms with Gasteiger partial charge in [0, 0.05) is 29.9 Å². The quantitative estimate of drug-likeness (QED) is 0.853. The van der Waals surface area contributed by atoms with Crippen molar-refractivity contribution >= 4 is 0 Å². The van der Waals surface area contributed by atoms with E-state index in [1.165, 1.54) is 6.20 Å². The maximum Gasteiger partial charge on any atom is 0.255 e. The largest absolute Gasteiger partial charge is 0.497 e. The first-order valence-electron chi connectivity index (χ1n) is 5.69. The molecule has 0 saturated heterocycles. The smallest absolute Gasteiger partial charge is 0.255 e. The number of nitrogens with two attached hydrogens (primary N) is 1. The van der Waals surface area contributed by atoms with E-state index in [0.717, 1.165) is 0 Å². The first kappa shape index (κ1) is 13.1. The number of hydrogen-bond acceptors (Lipinski definition) is 5. The summed E-state index contributed by atoms with van der Waals surface area (Å²) in [6.07, 6.45) is 1.47. The summed E-state index contributed by atoms with van der Waals surface area (Å²) < 4.78 is 10.3. The molecule has 2 rings (SSSR count). The average molecular weight is 261 g/mol. The van der Waals surface area contributed by atoms with Crippen molar-refractivity contribution in [1.29, 1.82) is 0 Å². The molecule has 0 aliphatic rings. The molecular weight excluding hydrogens is 246 g/mol. The predicted octanol–water partition coefficient (Wildman–Crippen LogP) is 0.913. The summed E-state index contributed by atoms with van der Waals surface area (Å²) in [6, 6.07) is 5.28. The Labute approximate surface area is 110 Å². The lowest BCUT2D eigenvalue weighted by molar-refractivity contribution is 0.394. The van der Waals surface area contributed by atoms with Crippen LogP contribution < -0.4 is 20.8 Å². The number of hydrogen-bond donors (Lipinski definition) is 2. The van der Waals surface area contributed by atoms with Crippen molar-refractivity contribution in [3.8, 4) is 22.9 Å². The molecule has 1 heterocycles. The first-order chi connectivity index (χ1) is 9.17. The van der Waals surface area contributed by atoms with Gasteiger partial charge in [-0.05, 0) is 12.1 Å². The fourth-order valence-electron chi connectivity index (χ4n) is 1.66. The number of methoxy groups -OCH3 is 2. The third-order valence-electron chi connectivity index (χ3n) is 2.72. The van der Waals surface area contributed by atoms with E-state index in [-0.39, 0.29) is 12.1 Å². The van der Waals surface area contributed by atoms with Crippen LogP contribution in [0.5, 0.6) is 11.5 Å². The van der Waals surface area contributed by atoms with Gasteiger partial charge in [-0.2, -0.15) is 0 Å². The Hall–Kier alpha value is -2.34. The summed E-state index contributed by atoms with van der Waals surface area (Å²) >= 11 is 0. The zero-order valence-electron chi connectivity index (χ0n) is 10.8. The normalized spacial score (nSPS) is 10.3. The lowest BCUT2D eigenvalue weighted by Crippen LogP contribution is -2.17. The van der Waals surface area contributed by atoms with Crippen LogP contribution in [0.25, 0.3) is 11.4 Å². The summed E-state index contributed by atoms with van der Waals surface area (Å²) in [5.74, 6) is 1.69. The summed E-state index contributed by atoms with van der Waals surface area (Å²) in [7, 11) is 3.12. The van der Waals surface area contributed by atoms with Crippen LogP contribution >= 0.6 is 0 Å². The minimum absolute atomic E-state index is 0.157. The van der Waals surface area contributed by atoms with Crippen molar-refractivity contribution in [1.82, 2.24) is 9.97 Å². The zero-order valence-corrected chi connectivity index (χ0v) is 10.8. The molecule has 6 heteroatoms. The van der Waals surface area contributed by atoms with E-state index in [4.69, 9.17) is 15.2 Å². The molecule has 0 atom stereocenters. The summed E-state index contributed by atoms with van der Waals surface area (Å²) in [6.45, 7) is 0.157. The number of benzene rings is 1. The van der Waals surface area contributed by atoms with Crippen LogP contribution in [0, 0.1) is 0 Å². The maximum absolute atomic E-state index is 11.7. The van der Waals surface area contributed by atoms with Crippen LogP contribution in [0.1, 0.15) is 5.56 Å². The van der Waals surface area contributed by atoms with Crippen molar-refractivity contribution in [2.45, 2.75) is 6.54 Å². The van der Waals surface area contributed by atoms with E-state index in [9.17, 15) is 4.79 Å². The van der Waals surface area contributed by atoms with Gasteiger partial charge >= 0.3 is 0 Å². The monoisotopic (exact) mass is 261 g/mol. The predicted molar refractivity (Wildman–Crippen MR) is 71.3 cm³/mol. The minimum Gasteiger partial charge on any atom is -0.497 e. The molecule has 0 bridgehead atoms. The summed E-state index contributed by atoms with van der Waals surface area (Å²) in [5.41, 5.74) is 6.34. The molecule has 1 aromatic carbocycles. The van der Waals surface area contributed by atoms with Gasteiger partial charge in [0.2, 0.25) is 0 Å². The molecule has 2 aromatic rings. The molecule has 0 radical (unpaired) electrons. The maximum atomic E-state index is 11.7. The molecular formula is C13H15N3O3. The Bertz CT molecular complexity index is 615. The second-order valence-corrected chi connectivity index (χ2v) is 3.89. The lowest BCUT2D eigenvalue weighted by atomic mass is 10.2. The molecule has 0 aliphatic heterocycles. The standard InChI is InChI=1S/C13H15N3O3/c1-18-10-3-8(4-11(5-10)19-2)12-15-7-9(6-14)13(17)16-12/h3-5,7H,6,14H2,1-2H3,(H,15,16,17). The number of rotatable bonds is 4. The summed E-state index contributed by atoms with van der Waals surface area (Å²) in [4.78, 5) is 18.6. The molecule has 0 spiro atoms. The van der Waals surface area contributed by atoms with Gasteiger partial charge in [0.1, 0.15) is 17.3 Å². The van der Waals surface area contributed by atoms with Crippen molar-refractivity contribution in [2.75, 3.05) is 14.2 Å². The van der Waals surface area contributed by atoms with Crippen LogP contribution in [-0.4, -0.2) is 24.2 Å². The van der Waals surface area contributed by atoms with E-state index in [0.29, 0.717) is 28.5 Å². The number of aromatic amines is 1. The number of nitrogens with one attached hydrogen (secondary N) is 1. The van der Waals surface area contributed by atoms with E-state index in [2.05, 4.69) is 9.97 Å². The van der Waals surface area contributed by atoms with Crippen LogP contribution in [0.15, 0.2) is 29.2 Å². The van der Waals surface area contributed by atoms with Crippen molar-refractivity contribution in [3.05, 3.63) is 40.3 Å². The highest BCUT2D eigenvalue weighted by Gasteiger charge is 2.07. The van der Waals surface area contributed by atoms with E-state index in [1.54, 1.807) is 32.4 Å². The molecule has 0 saturated carbocycles. The molecule has 0 amide bonds. The molecule has 0 aliphatic carbocycles. The van der Waals surface area contributed by atoms with E-state index < -0.39 is 0 Å². The van der Waals surface area contributed by atoms with Crippen molar-refractivity contribution in [3.63, 3.8) is 0 Å². The highest BCUT2D eigenvalue weighted by atomic mass is 16.5. The summed E-state index contributed by atoms with van der Waals surface area (Å²) in [5, 5.41) is 0. The van der Waals surface area contributed by atoms with E-state index >= 15 is 0 Å². The Morgan fingerprint density at radius 3 is 2.32 bits per heavy atom. The average Bonchev–Trinajstić information content (AvgIpc) is 2.46. The van der Waals surface area contributed by atoms with Gasteiger partial charge < -0.3 is 20.2 Å². The molecule has 1 aromatic heterocycles. The molecule has 6 nitrogen and oxygen atoms in total. The Morgan fingerprint density at radius 2 is 1.84 bits per heavy atom.